The van der Waals surface area contributed by atoms with Gasteiger partial charge in [-0.15, -0.1) is 0 Å². The Morgan fingerprint density at radius 3 is 2.83 bits per heavy atom. The second kappa shape index (κ2) is 3.17. The molecule has 2 fully saturated rings. The van der Waals surface area contributed by atoms with Gasteiger partial charge in [0.25, 0.3) is 0 Å². The Balaban J connectivity index is 1.83. The first-order chi connectivity index (χ1) is 5.85. The highest BCUT2D eigenvalue weighted by Gasteiger charge is 2.36. The summed E-state index contributed by atoms with van der Waals surface area (Å²) in [7, 11) is 0. The van der Waals surface area contributed by atoms with Crippen LogP contribution < -0.4 is 0 Å². The number of rotatable bonds is 4. The van der Waals surface area contributed by atoms with Crippen molar-refractivity contribution in [3.8, 4) is 0 Å². The molecule has 1 saturated heterocycles. The average Bonchev–Trinajstić information content (AvgIpc) is 2.82. The van der Waals surface area contributed by atoms with Crippen molar-refractivity contribution in [2.75, 3.05) is 13.2 Å². The maximum atomic E-state index is 10.9. The van der Waals surface area contributed by atoms with Crippen molar-refractivity contribution in [1.29, 1.82) is 0 Å². The zero-order chi connectivity index (χ0) is 8.44. The Hall–Kier alpha value is -0.370. The van der Waals surface area contributed by atoms with Crippen LogP contribution in [0.1, 0.15) is 32.1 Å². The van der Waals surface area contributed by atoms with E-state index in [1.807, 2.05) is 0 Å². The fourth-order valence-electron chi connectivity index (χ4n) is 1.87. The smallest absolute Gasteiger partial charge is 0.128 e. The highest BCUT2D eigenvalue weighted by molar-refractivity contribution is 5.60. The van der Waals surface area contributed by atoms with Crippen molar-refractivity contribution >= 4 is 6.29 Å². The summed E-state index contributed by atoms with van der Waals surface area (Å²) in [6, 6.07) is 0. The molecule has 1 unspecified atom stereocenters. The summed E-state index contributed by atoms with van der Waals surface area (Å²) in [5.41, 5.74) is -0.0947. The first-order valence-corrected chi connectivity index (χ1v) is 4.89. The van der Waals surface area contributed by atoms with Crippen LogP contribution in [0.4, 0.5) is 0 Å². The van der Waals surface area contributed by atoms with Gasteiger partial charge in [0.1, 0.15) is 6.29 Å². The maximum Gasteiger partial charge on any atom is 0.128 e. The minimum Gasteiger partial charge on any atom is -0.380 e. The summed E-state index contributed by atoms with van der Waals surface area (Å²) < 4.78 is 5.27. The van der Waals surface area contributed by atoms with Crippen LogP contribution in [0.15, 0.2) is 0 Å². The molecule has 0 bridgehead atoms. The Kier molecular flexibility index (Phi) is 2.18. The van der Waals surface area contributed by atoms with Gasteiger partial charge in [-0.25, -0.2) is 0 Å². The van der Waals surface area contributed by atoms with Crippen molar-refractivity contribution in [1.82, 2.24) is 0 Å². The highest BCUT2D eigenvalue weighted by atomic mass is 16.5. The van der Waals surface area contributed by atoms with E-state index in [0.29, 0.717) is 6.61 Å². The lowest BCUT2D eigenvalue weighted by Gasteiger charge is -2.18. The first kappa shape index (κ1) is 8.24. The van der Waals surface area contributed by atoms with Crippen LogP contribution in [0.5, 0.6) is 0 Å². The van der Waals surface area contributed by atoms with Gasteiger partial charge in [0.2, 0.25) is 0 Å². The summed E-state index contributed by atoms with van der Waals surface area (Å²) in [5.74, 6) is 0.933. The lowest BCUT2D eigenvalue weighted by molar-refractivity contribution is -0.116. The summed E-state index contributed by atoms with van der Waals surface area (Å²) in [6.07, 6.45) is 7.14. The molecule has 0 radical (unpaired) electrons. The van der Waals surface area contributed by atoms with Crippen LogP contribution in [0, 0.1) is 11.3 Å². The second-order valence-corrected chi connectivity index (χ2v) is 4.26. The largest absolute Gasteiger partial charge is 0.380 e. The third-order valence-electron chi connectivity index (χ3n) is 3.13. The minimum atomic E-state index is -0.0947. The molecule has 0 aromatic rings. The van der Waals surface area contributed by atoms with Crippen LogP contribution >= 0.6 is 0 Å². The molecule has 2 nitrogen and oxygen atoms in total. The van der Waals surface area contributed by atoms with Gasteiger partial charge in [-0.1, -0.05) is 12.8 Å². The van der Waals surface area contributed by atoms with Crippen molar-refractivity contribution < 1.29 is 9.53 Å². The van der Waals surface area contributed by atoms with Crippen LogP contribution in [0.25, 0.3) is 0 Å². The summed E-state index contributed by atoms with van der Waals surface area (Å²) in [6.45, 7) is 1.45. The molecule has 12 heavy (non-hydrogen) atoms. The zero-order valence-corrected chi connectivity index (χ0v) is 7.42. The van der Waals surface area contributed by atoms with E-state index in [4.69, 9.17) is 4.74 Å². The predicted octanol–water partition coefficient (Wildman–Crippen LogP) is 1.78. The van der Waals surface area contributed by atoms with Crippen molar-refractivity contribution in [2.24, 2.45) is 11.3 Å². The van der Waals surface area contributed by atoms with E-state index in [1.54, 1.807) is 0 Å². The molecular formula is C10H16O2. The molecule has 1 aliphatic carbocycles. The summed E-state index contributed by atoms with van der Waals surface area (Å²) >= 11 is 0. The van der Waals surface area contributed by atoms with Crippen LogP contribution in [0.3, 0.4) is 0 Å². The Labute approximate surface area is 73.3 Å². The highest BCUT2D eigenvalue weighted by Crippen LogP contribution is 2.39. The van der Waals surface area contributed by atoms with E-state index in [0.717, 1.165) is 31.7 Å². The fourth-order valence-corrected chi connectivity index (χ4v) is 1.87. The standard InChI is InChI=1S/C10H16O2/c11-7-10(5-6-12-8-10)4-3-9-1-2-9/h7,9H,1-6,8H2. The average molecular weight is 168 g/mol. The number of hydrogen-bond acceptors (Lipinski definition) is 2. The van der Waals surface area contributed by atoms with E-state index in [1.165, 1.54) is 19.3 Å². The molecule has 0 spiro atoms. The normalized spacial score (nSPS) is 35.3. The molecule has 68 valence electrons. The molecule has 1 aliphatic heterocycles. The summed E-state index contributed by atoms with van der Waals surface area (Å²) in [4.78, 5) is 10.9. The lowest BCUT2D eigenvalue weighted by Crippen LogP contribution is -2.22. The van der Waals surface area contributed by atoms with Gasteiger partial charge in [-0.3, -0.25) is 0 Å². The number of ether oxygens (including phenoxy) is 1. The van der Waals surface area contributed by atoms with E-state index in [-0.39, 0.29) is 5.41 Å². The van der Waals surface area contributed by atoms with E-state index < -0.39 is 0 Å². The third kappa shape index (κ3) is 1.69. The SMILES string of the molecule is O=CC1(CCC2CC2)CCOC1. The van der Waals surface area contributed by atoms with Crippen LogP contribution in [-0.2, 0) is 9.53 Å². The number of carbonyl (C=O) groups is 1. The van der Waals surface area contributed by atoms with Gasteiger partial charge in [0.15, 0.2) is 0 Å². The van der Waals surface area contributed by atoms with Gasteiger partial charge in [0.05, 0.1) is 12.0 Å². The number of hydrogen-bond donors (Lipinski definition) is 0. The van der Waals surface area contributed by atoms with Crippen molar-refractivity contribution in [2.45, 2.75) is 32.1 Å². The van der Waals surface area contributed by atoms with Crippen LogP contribution in [-0.4, -0.2) is 19.5 Å². The molecule has 1 heterocycles. The third-order valence-corrected chi connectivity index (χ3v) is 3.13. The predicted molar refractivity (Wildman–Crippen MR) is 45.9 cm³/mol. The topological polar surface area (TPSA) is 26.3 Å². The lowest BCUT2D eigenvalue weighted by atomic mass is 9.83. The monoisotopic (exact) mass is 168 g/mol. The maximum absolute atomic E-state index is 10.9. The first-order valence-electron chi connectivity index (χ1n) is 4.89. The number of carbonyl (C=O) groups excluding carboxylic acids is 1. The molecular weight excluding hydrogens is 152 g/mol. The summed E-state index contributed by atoms with van der Waals surface area (Å²) in [5, 5.41) is 0. The van der Waals surface area contributed by atoms with Gasteiger partial charge < -0.3 is 9.53 Å². The number of aldehydes is 1. The van der Waals surface area contributed by atoms with E-state index in [2.05, 4.69) is 0 Å². The molecule has 0 aromatic carbocycles. The van der Waals surface area contributed by atoms with Crippen LogP contribution in [0.2, 0.25) is 0 Å². The second-order valence-electron chi connectivity index (χ2n) is 4.26. The van der Waals surface area contributed by atoms with E-state index in [9.17, 15) is 4.79 Å². The quantitative estimate of drug-likeness (QED) is 0.598. The molecule has 0 aromatic heterocycles. The molecule has 1 atom stereocenters. The Morgan fingerprint density at radius 1 is 1.50 bits per heavy atom. The minimum absolute atomic E-state index is 0.0947. The molecule has 0 amide bonds. The Morgan fingerprint density at radius 2 is 2.33 bits per heavy atom. The molecule has 1 saturated carbocycles. The van der Waals surface area contributed by atoms with Gasteiger partial charge in [-0.05, 0) is 25.2 Å². The van der Waals surface area contributed by atoms with Gasteiger partial charge in [0, 0.05) is 6.61 Å². The molecule has 2 rings (SSSR count). The fraction of sp³-hybridized carbons (Fsp3) is 0.900. The van der Waals surface area contributed by atoms with Gasteiger partial charge in [-0.2, -0.15) is 0 Å². The van der Waals surface area contributed by atoms with E-state index >= 15 is 0 Å². The molecule has 2 aliphatic rings. The van der Waals surface area contributed by atoms with Gasteiger partial charge >= 0.3 is 0 Å². The van der Waals surface area contributed by atoms with Crippen molar-refractivity contribution in [3.63, 3.8) is 0 Å². The Bertz CT molecular complexity index is 167. The zero-order valence-electron chi connectivity index (χ0n) is 7.42. The molecule has 2 heteroatoms. The van der Waals surface area contributed by atoms with Crippen molar-refractivity contribution in [3.05, 3.63) is 0 Å². The molecule has 0 N–H and O–H groups in total.